The Balaban J connectivity index is 2.40. The standard InChI is InChI=1S/C13H16ClN3O2/c1-7(2)13-16-12(17-19-13)11(15)10-8(14)5-4-6-9(10)18-3/h4-7,11H,15H2,1-3H3. The van der Waals surface area contributed by atoms with E-state index in [0.717, 1.165) is 0 Å². The van der Waals surface area contributed by atoms with Crippen molar-refractivity contribution in [3.05, 3.63) is 40.5 Å². The summed E-state index contributed by atoms with van der Waals surface area (Å²) in [4.78, 5) is 4.29. The fraction of sp³-hybridized carbons (Fsp3) is 0.385. The molecule has 1 heterocycles. The summed E-state index contributed by atoms with van der Waals surface area (Å²) in [6.07, 6.45) is 0. The zero-order valence-corrected chi connectivity index (χ0v) is 11.8. The first-order valence-corrected chi connectivity index (χ1v) is 6.33. The highest BCUT2D eigenvalue weighted by molar-refractivity contribution is 6.31. The van der Waals surface area contributed by atoms with Crippen LogP contribution in [0.5, 0.6) is 5.75 Å². The van der Waals surface area contributed by atoms with E-state index in [2.05, 4.69) is 10.1 Å². The van der Waals surface area contributed by atoms with Crippen LogP contribution in [0.25, 0.3) is 0 Å². The number of rotatable bonds is 4. The number of hydrogen-bond donors (Lipinski definition) is 1. The lowest BCUT2D eigenvalue weighted by Gasteiger charge is -2.14. The molecule has 2 aromatic rings. The number of hydrogen-bond acceptors (Lipinski definition) is 5. The minimum atomic E-state index is -0.583. The van der Waals surface area contributed by atoms with Crippen LogP contribution in [0.3, 0.4) is 0 Å². The number of ether oxygens (including phenoxy) is 1. The molecule has 102 valence electrons. The van der Waals surface area contributed by atoms with Crippen molar-refractivity contribution in [3.8, 4) is 5.75 Å². The lowest BCUT2D eigenvalue weighted by Crippen LogP contribution is -2.15. The summed E-state index contributed by atoms with van der Waals surface area (Å²) in [5.74, 6) is 1.71. The van der Waals surface area contributed by atoms with E-state index in [9.17, 15) is 0 Å². The van der Waals surface area contributed by atoms with Crippen molar-refractivity contribution in [2.45, 2.75) is 25.8 Å². The van der Waals surface area contributed by atoms with Gasteiger partial charge in [0.15, 0.2) is 5.82 Å². The Kier molecular flexibility index (Phi) is 4.07. The van der Waals surface area contributed by atoms with Crippen LogP contribution in [-0.4, -0.2) is 17.3 Å². The van der Waals surface area contributed by atoms with Gasteiger partial charge in [0, 0.05) is 16.5 Å². The topological polar surface area (TPSA) is 74.2 Å². The molecule has 2 rings (SSSR count). The van der Waals surface area contributed by atoms with Crippen molar-refractivity contribution in [3.63, 3.8) is 0 Å². The van der Waals surface area contributed by atoms with E-state index < -0.39 is 6.04 Å². The quantitative estimate of drug-likeness (QED) is 0.933. The van der Waals surface area contributed by atoms with Gasteiger partial charge in [0.2, 0.25) is 5.89 Å². The van der Waals surface area contributed by atoms with Gasteiger partial charge in [0.25, 0.3) is 0 Å². The SMILES string of the molecule is COc1cccc(Cl)c1C(N)c1noc(C(C)C)n1. The van der Waals surface area contributed by atoms with E-state index in [4.69, 9.17) is 26.6 Å². The summed E-state index contributed by atoms with van der Waals surface area (Å²) < 4.78 is 10.4. The van der Waals surface area contributed by atoms with Crippen molar-refractivity contribution >= 4 is 11.6 Å². The molecule has 1 aromatic heterocycles. The minimum Gasteiger partial charge on any atom is -0.496 e. The summed E-state index contributed by atoms with van der Waals surface area (Å²) in [5, 5.41) is 4.42. The van der Waals surface area contributed by atoms with E-state index >= 15 is 0 Å². The van der Waals surface area contributed by atoms with Gasteiger partial charge in [-0.05, 0) is 12.1 Å². The van der Waals surface area contributed by atoms with Gasteiger partial charge < -0.3 is 15.0 Å². The van der Waals surface area contributed by atoms with Crippen molar-refractivity contribution in [1.82, 2.24) is 10.1 Å². The third kappa shape index (κ3) is 2.72. The average Bonchev–Trinajstić information content (AvgIpc) is 2.87. The second kappa shape index (κ2) is 5.59. The molecule has 0 fully saturated rings. The highest BCUT2D eigenvalue weighted by Crippen LogP contribution is 2.33. The Labute approximate surface area is 116 Å². The maximum atomic E-state index is 6.18. The highest BCUT2D eigenvalue weighted by Gasteiger charge is 2.23. The molecular formula is C13H16ClN3O2. The molecule has 0 radical (unpaired) electrons. The average molecular weight is 282 g/mol. The summed E-state index contributed by atoms with van der Waals surface area (Å²) in [7, 11) is 1.57. The van der Waals surface area contributed by atoms with Gasteiger partial charge in [-0.1, -0.05) is 36.7 Å². The Hall–Kier alpha value is -1.59. The van der Waals surface area contributed by atoms with Crippen LogP contribution in [0.1, 0.15) is 43.1 Å². The third-order valence-electron chi connectivity index (χ3n) is 2.77. The Morgan fingerprint density at radius 3 is 2.68 bits per heavy atom. The number of aromatic nitrogens is 2. The summed E-state index contributed by atoms with van der Waals surface area (Å²) in [6, 6.07) is 4.76. The summed E-state index contributed by atoms with van der Waals surface area (Å²) >= 11 is 6.18. The fourth-order valence-corrected chi connectivity index (χ4v) is 2.02. The van der Waals surface area contributed by atoms with Crippen LogP contribution >= 0.6 is 11.6 Å². The smallest absolute Gasteiger partial charge is 0.229 e. The van der Waals surface area contributed by atoms with Crippen molar-refractivity contribution < 1.29 is 9.26 Å². The predicted octanol–water partition coefficient (Wildman–Crippen LogP) is 2.90. The lowest BCUT2D eigenvalue weighted by molar-refractivity contribution is 0.358. The molecule has 19 heavy (non-hydrogen) atoms. The van der Waals surface area contributed by atoms with Crippen molar-refractivity contribution in [1.29, 1.82) is 0 Å². The van der Waals surface area contributed by atoms with E-state index in [-0.39, 0.29) is 5.92 Å². The molecule has 6 heteroatoms. The first kappa shape index (κ1) is 13.8. The highest BCUT2D eigenvalue weighted by atomic mass is 35.5. The Morgan fingerprint density at radius 1 is 1.37 bits per heavy atom. The number of nitrogens with two attached hydrogens (primary N) is 1. The maximum absolute atomic E-state index is 6.18. The molecule has 0 aliphatic rings. The molecule has 0 amide bonds. The monoisotopic (exact) mass is 281 g/mol. The molecule has 5 nitrogen and oxygen atoms in total. The normalized spacial score (nSPS) is 12.7. The molecule has 0 saturated heterocycles. The Bertz CT molecular complexity index is 569. The molecule has 1 unspecified atom stereocenters. The van der Waals surface area contributed by atoms with E-state index in [0.29, 0.717) is 28.1 Å². The largest absolute Gasteiger partial charge is 0.496 e. The first-order chi connectivity index (χ1) is 9.04. The molecule has 0 spiro atoms. The van der Waals surface area contributed by atoms with Crippen LogP contribution in [0, 0.1) is 0 Å². The molecular weight excluding hydrogens is 266 g/mol. The van der Waals surface area contributed by atoms with Gasteiger partial charge in [-0.15, -0.1) is 0 Å². The van der Waals surface area contributed by atoms with Gasteiger partial charge in [0.1, 0.15) is 5.75 Å². The third-order valence-corrected chi connectivity index (χ3v) is 3.10. The first-order valence-electron chi connectivity index (χ1n) is 5.96. The molecule has 0 saturated carbocycles. The predicted molar refractivity (Wildman–Crippen MR) is 72.4 cm³/mol. The van der Waals surface area contributed by atoms with Gasteiger partial charge >= 0.3 is 0 Å². The van der Waals surface area contributed by atoms with Crippen LogP contribution in [0.15, 0.2) is 22.7 Å². The van der Waals surface area contributed by atoms with Crippen LogP contribution < -0.4 is 10.5 Å². The van der Waals surface area contributed by atoms with E-state index in [1.165, 1.54) is 0 Å². The molecule has 1 atom stereocenters. The van der Waals surface area contributed by atoms with Crippen LogP contribution in [0.2, 0.25) is 5.02 Å². The molecule has 2 N–H and O–H groups in total. The zero-order valence-electron chi connectivity index (χ0n) is 11.1. The fourth-order valence-electron chi connectivity index (χ4n) is 1.73. The molecule has 0 aliphatic carbocycles. The molecule has 1 aromatic carbocycles. The van der Waals surface area contributed by atoms with Gasteiger partial charge in [-0.25, -0.2) is 0 Å². The van der Waals surface area contributed by atoms with Gasteiger partial charge in [0.05, 0.1) is 13.2 Å². The van der Waals surface area contributed by atoms with E-state index in [1.807, 2.05) is 13.8 Å². The number of halogens is 1. The maximum Gasteiger partial charge on any atom is 0.229 e. The number of nitrogens with zero attached hydrogens (tertiary/aromatic N) is 2. The second-order valence-electron chi connectivity index (χ2n) is 4.48. The van der Waals surface area contributed by atoms with Gasteiger partial charge in [-0.3, -0.25) is 0 Å². The minimum absolute atomic E-state index is 0.154. The second-order valence-corrected chi connectivity index (χ2v) is 4.89. The molecule has 0 bridgehead atoms. The number of benzene rings is 1. The Morgan fingerprint density at radius 2 is 2.11 bits per heavy atom. The zero-order chi connectivity index (χ0) is 14.0. The van der Waals surface area contributed by atoms with Gasteiger partial charge in [-0.2, -0.15) is 4.98 Å². The lowest BCUT2D eigenvalue weighted by atomic mass is 10.1. The summed E-state index contributed by atoms with van der Waals surface area (Å²) in [5.41, 5.74) is 6.81. The van der Waals surface area contributed by atoms with Crippen molar-refractivity contribution in [2.75, 3.05) is 7.11 Å². The van der Waals surface area contributed by atoms with Crippen molar-refractivity contribution in [2.24, 2.45) is 5.73 Å². The summed E-state index contributed by atoms with van der Waals surface area (Å²) in [6.45, 7) is 3.94. The van der Waals surface area contributed by atoms with E-state index in [1.54, 1.807) is 25.3 Å². The number of methoxy groups -OCH3 is 1. The van der Waals surface area contributed by atoms with Crippen LogP contribution in [0.4, 0.5) is 0 Å². The molecule has 0 aliphatic heterocycles. The van der Waals surface area contributed by atoms with Crippen LogP contribution in [-0.2, 0) is 0 Å².